The van der Waals surface area contributed by atoms with Gasteiger partial charge in [0.1, 0.15) is 11.5 Å². The van der Waals surface area contributed by atoms with E-state index in [1.54, 1.807) is 23.1 Å². The van der Waals surface area contributed by atoms with Crippen LogP contribution >= 0.6 is 0 Å². The van der Waals surface area contributed by atoms with E-state index in [4.69, 9.17) is 9.47 Å². The van der Waals surface area contributed by atoms with Crippen LogP contribution in [0.15, 0.2) is 42.5 Å². The van der Waals surface area contributed by atoms with Crippen LogP contribution < -0.4 is 14.8 Å². The summed E-state index contributed by atoms with van der Waals surface area (Å²) in [5.41, 5.74) is 0.232. The highest BCUT2D eigenvalue weighted by Crippen LogP contribution is 2.26. The molecule has 8 heteroatoms. The molecule has 1 saturated heterocycles. The molecular weight excluding hydrogens is 376 g/mol. The molecule has 1 aliphatic heterocycles. The summed E-state index contributed by atoms with van der Waals surface area (Å²) in [5, 5.41) is 22.0. The summed E-state index contributed by atoms with van der Waals surface area (Å²) in [7, 11) is 1.54. The molecule has 1 aliphatic rings. The van der Waals surface area contributed by atoms with Crippen LogP contribution in [-0.2, 0) is 4.79 Å². The molecule has 1 fully saturated rings. The van der Waals surface area contributed by atoms with Gasteiger partial charge in [-0.25, -0.2) is 0 Å². The second kappa shape index (κ2) is 9.18. The van der Waals surface area contributed by atoms with E-state index in [1.807, 2.05) is 6.07 Å². The fourth-order valence-corrected chi connectivity index (χ4v) is 3.28. The van der Waals surface area contributed by atoms with Crippen LogP contribution in [0.2, 0.25) is 0 Å². The van der Waals surface area contributed by atoms with Crippen molar-refractivity contribution in [3.05, 3.63) is 48.0 Å². The number of hydrogen-bond acceptors (Lipinski definition) is 6. The van der Waals surface area contributed by atoms with Crippen LogP contribution in [0.4, 0.5) is 0 Å². The molecule has 2 amide bonds. The van der Waals surface area contributed by atoms with Crippen molar-refractivity contribution in [1.82, 2.24) is 10.2 Å². The van der Waals surface area contributed by atoms with Crippen molar-refractivity contribution in [2.24, 2.45) is 0 Å². The number of nitrogens with zero attached hydrogens (tertiary/aromatic N) is 1. The number of rotatable bonds is 6. The summed E-state index contributed by atoms with van der Waals surface area (Å²) in [4.78, 5) is 26.4. The summed E-state index contributed by atoms with van der Waals surface area (Å²) >= 11 is 0. The monoisotopic (exact) mass is 400 g/mol. The molecule has 3 rings (SSSR count). The van der Waals surface area contributed by atoms with Crippen molar-refractivity contribution in [2.75, 3.05) is 26.8 Å². The number of amides is 2. The van der Waals surface area contributed by atoms with Gasteiger partial charge < -0.3 is 29.9 Å². The van der Waals surface area contributed by atoms with E-state index in [9.17, 15) is 19.8 Å². The second-order valence-electron chi connectivity index (χ2n) is 6.81. The summed E-state index contributed by atoms with van der Waals surface area (Å²) in [6.07, 6.45) is 1.22. The third kappa shape index (κ3) is 5.31. The molecule has 0 atom stereocenters. The minimum absolute atomic E-state index is 0.0506. The largest absolute Gasteiger partial charge is 0.508 e. The van der Waals surface area contributed by atoms with Crippen molar-refractivity contribution in [1.29, 1.82) is 0 Å². The van der Waals surface area contributed by atoms with Crippen molar-refractivity contribution in [2.45, 2.75) is 18.9 Å². The molecule has 0 radical (unpaired) electrons. The van der Waals surface area contributed by atoms with Crippen LogP contribution in [0.25, 0.3) is 0 Å². The minimum atomic E-state index is -0.263. The summed E-state index contributed by atoms with van der Waals surface area (Å²) in [6.45, 7) is 0.809. The molecule has 29 heavy (non-hydrogen) atoms. The van der Waals surface area contributed by atoms with E-state index in [0.717, 1.165) is 0 Å². The number of methoxy groups -OCH3 is 1. The third-order valence-corrected chi connectivity index (χ3v) is 4.72. The van der Waals surface area contributed by atoms with Gasteiger partial charge in [0.15, 0.2) is 18.1 Å². The quantitative estimate of drug-likeness (QED) is 0.684. The van der Waals surface area contributed by atoms with Crippen molar-refractivity contribution >= 4 is 11.8 Å². The van der Waals surface area contributed by atoms with Gasteiger partial charge in [-0.2, -0.15) is 0 Å². The van der Waals surface area contributed by atoms with Gasteiger partial charge in [-0.3, -0.25) is 9.59 Å². The molecule has 0 unspecified atom stereocenters. The second-order valence-corrected chi connectivity index (χ2v) is 6.81. The molecule has 3 N–H and O–H groups in total. The van der Waals surface area contributed by atoms with Crippen LogP contribution in [0.5, 0.6) is 23.0 Å². The molecule has 1 heterocycles. The topological polar surface area (TPSA) is 108 Å². The predicted molar refractivity (Wildman–Crippen MR) is 105 cm³/mol. The maximum atomic E-state index is 12.5. The first kappa shape index (κ1) is 20.3. The first-order valence-corrected chi connectivity index (χ1v) is 9.33. The Morgan fingerprint density at radius 3 is 2.31 bits per heavy atom. The number of likely N-dealkylation sites (tertiary alicyclic amines) is 1. The standard InChI is InChI=1S/C21H24N2O6/c1-28-18-4-2-3-5-19(18)29-13-20(26)22-15-6-8-23(9-7-15)21(27)14-10-16(24)12-17(25)11-14/h2-5,10-12,15,24-25H,6-9,13H2,1H3,(H,22,26). The number of phenolic OH excluding ortho intramolecular Hbond substituents is 2. The van der Waals surface area contributed by atoms with Gasteiger partial charge in [-0.15, -0.1) is 0 Å². The van der Waals surface area contributed by atoms with Gasteiger partial charge >= 0.3 is 0 Å². The fourth-order valence-electron chi connectivity index (χ4n) is 3.28. The van der Waals surface area contributed by atoms with Crippen molar-refractivity contribution < 1.29 is 29.3 Å². The first-order valence-electron chi connectivity index (χ1n) is 9.33. The predicted octanol–water partition coefficient (Wildman–Crippen LogP) is 1.91. The van der Waals surface area contributed by atoms with Crippen molar-refractivity contribution in [3.8, 4) is 23.0 Å². The van der Waals surface area contributed by atoms with Gasteiger partial charge in [-0.05, 0) is 37.1 Å². The Labute approximate surface area is 168 Å². The molecule has 154 valence electrons. The lowest BCUT2D eigenvalue weighted by Gasteiger charge is -2.32. The molecule has 0 aromatic heterocycles. The number of benzene rings is 2. The average molecular weight is 400 g/mol. The highest BCUT2D eigenvalue weighted by atomic mass is 16.5. The van der Waals surface area contributed by atoms with E-state index < -0.39 is 0 Å². The van der Waals surface area contributed by atoms with E-state index in [0.29, 0.717) is 37.4 Å². The Kier molecular flexibility index (Phi) is 6.43. The van der Waals surface area contributed by atoms with Crippen molar-refractivity contribution in [3.63, 3.8) is 0 Å². The van der Waals surface area contributed by atoms with Gasteiger partial charge in [0.05, 0.1) is 7.11 Å². The molecule has 2 aromatic carbocycles. The number of nitrogens with one attached hydrogen (secondary N) is 1. The van der Waals surface area contributed by atoms with Crippen LogP contribution in [0.3, 0.4) is 0 Å². The molecule has 0 bridgehead atoms. The van der Waals surface area contributed by atoms with Gasteiger partial charge in [0, 0.05) is 30.8 Å². The van der Waals surface area contributed by atoms with E-state index in [2.05, 4.69) is 5.32 Å². The zero-order valence-electron chi connectivity index (χ0n) is 16.1. The molecule has 2 aromatic rings. The summed E-state index contributed by atoms with van der Waals surface area (Å²) in [5.74, 6) is 0.236. The first-order chi connectivity index (χ1) is 14.0. The maximum absolute atomic E-state index is 12.5. The maximum Gasteiger partial charge on any atom is 0.258 e. The Bertz CT molecular complexity index is 857. The molecule has 0 aliphatic carbocycles. The van der Waals surface area contributed by atoms with Crippen LogP contribution in [0.1, 0.15) is 23.2 Å². The number of para-hydroxylation sites is 2. The Hall–Kier alpha value is -3.42. The third-order valence-electron chi connectivity index (χ3n) is 4.72. The minimum Gasteiger partial charge on any atom is -0.508 e. The lowest BCUT2D eigenvalue weighted by atomic mass is 10.0. The Morgan fingerprint density at radius 2 is 1.69 bits per heavy atom. The average Bonchev–Trinajstić information content (AvgIpc) is 2.72. The van der Waals surface area contributed by atoms with Gasteiger partial charge in [0.2, 0.25) is 0 Å². The summed E-state index contributed by atoms with van der Waals surface area (Å²) < 4.78 is 10.7. The highest BCUT2D eigenvalue weighted by Gasteiger charge is 2.25. The SMILES string of the molecule is COc1ccccc1OCC(=O)NC1CCN(C(=O)c2cc(O)cc(O)c2)CC1. The van der Waals surface area contributed by atoms with E-state index >= 15 is 0 Å². The van der Waals surface area contributed by atoms with Gasteiger partial charge in [-0.1, -0.05) is 12.1 Å². The molecular formula is C21H24N2O6. The number of hydrogen-bond donors (Lipinski definition) is 3. The number of carbonyl (C=O) groups excluding carboxylic acids is 2. The smallest absolute Gasteiger partial charge is 0.258 e. The number of ether oxygens (including phenoxy) is 2. The molecule has 0 saturated carbocycles. The highest BCUT2D eigenvalue weighted by molar-refractivity contribution is 5.95. The van der Waals surface area contributed by atoms with E-state index in [-0.39, 0.29) is 41.5 Å². The normalized spacial score (nSPS) is 14.3. The zero-order chi connectivity index (χ0) is 20.8. The lowest BCUT2D eigenvalue weighted by Crippen LogP contribution is -2.47. The zero-order valence-corrected chi connectivity index (χ0v) is 16.1. The summed E-state index contributed by atoms with van der Waals surface area (Å²) in [6, 6.07) is 10.9. The number of phenols is 2. The van der Waals surface area contributed by atoms with Gasteiger partial charge in [0.25, 0.3) is 11.8 Å². The van der Waals surface area contributed by atoms with Crippen LogP contribution in [-0.4, -0.2) is 59.8 Å². The number of carbonyl (C=O) groups is 2. The molecule has 0 spiro atoms. The lowest BCUT2D eigenvalue weighted by molar-refractivity contribution is -0.124. The van der Waals surface area contributed by atoms with Crippen LogP contribution in [0, 0.1) is 0 Å². The number of piperidine rings is 1. The Morgan fingerprint density at radius 1 is 1.07 bits per heavy atom. The molecule has 8 nitrogen and oxygen atoms in total. The Balaban J connectivity index is 1.46. The van der Waals surface area contributed by atoms with E-state index in [1.165, 1.54) is 25.3 Å². The fraction of sp³-hybridized carbons (Fsp3) is 0.333. The number of aromatic hydroxyl groups is 2.